The maximum atomic E-state index is 11.5. The maximum absolute atomic E-state index is 11.5. The molecule has 0 amide bonds. The molecule has 0 saturated carbocycles. The number of nitrogens with one attached hydrogen (secondary N) is 1. The molecule has 0 heterocycles. The summed E-state index contributed by atoms with van der Waals surface area (Å²) in [6, 6.07) is 5.00. The van der Waals surface area contributed by atoms with Crippen molar-refractivity contribution in [1.29, 1.82) is 0 Å². The van der Waals surface area contributed by atoms with Crippen molar-refractivity contribution in [1.82, 2.24) is 5.32 Å². The zero-order valence-corrected chi connectivity index (χ0v) is 11.9. The standard InChI is InChI=1S/C12H19NO4S/c1-13-9(8-18(4,14)15)12-10(16-2)6-5-7-11(12)17-3/h5-7,9,13H,8H2,1-4H3. The van der Waals surface area contributed by atoms with E-state index >= 15 is 0 Å². The Bertz CT molecular complexity index is 477. The SMILES string of the molecule is CNC(CS(C)(=O)=O)c1c(OC)cccc1OC. The molecule has 0 aromatic heterocycles. The van der Waals surface area contributed by atoms with Gasteiger partial charge in [0, 0.05) is 6.26 Å². The van der Waals surface area contributed by atoms with Crippen LogP contribution in [0.2, 0.25) is 0 Å². The first-order chi connectivity index (χ1) is 8.42. The van der Waals surface area contributed by atoms with Crippen molar-refractivity contribution in [3.63, 3.8) is 0 Å². The fourth-order valence-electron chi connectivity index (χ4n) is 1.84. The van der Waals surface area contributed by atoms with E-state index in [9.17, 15) is 8.42 Å². The predicted octanol–water partition coefficient (Wildman–Crippen LogP) is 1.01. The molecule has 1 N–H and O–H groups in total. The lowest BCUT2D eigenvalue weighted by Gasteiger charge is -2.21. The molecule has 1 aromatic rings. The molecule has 0 radical (unpaired) electrons. The summed E-state index contributed by atoms with van der Waals surface area (Å²) in [5.74, 6) is 1.20. The van der Waals surface area contributed by atoms with Crippen LogP contribution < -0.4 is 14.8 Å². The molecule has 0 fully saturated rings. The lowest BCUT2D eigenvalue weighted by molar-refractivity contribution is 0.376. The van der Waals surface area contributed by atoms with Crippen molar-refractivity contribution in [3.05, 3.63) is 23.8 Å². The summed E-state index contributed by atoms with van der Waals surface area (Å²) >= 11 is 0. The molecule has 6 heteroatoms. The minimum Gasteiger partial charge on any atom is -0.496 e. The Morgan fingerprint density at radius 3 is 2.06 bits per heavy atom. The molecule has 5 nitrogen and oxygen atoms in total. The highest BCUT2D eigenvalue weighted by molar-refractivity contribution is 7.90. The normalized spacial score (nSPS) is 13.1. The lowest BCUT2D eigenvalue weighted by Crippen LogP contribution is -2.25. The summed E-state index contributed by atoms with van der Waals surface area (Å²) < 4.78 is 33.4. The lowest BCUT2D eigenvalue weighted by atomic mass is 10.1. The summed E-state index contributed by atoms with van der Waals surface area (Å²) in [6.45, 7) is 0. The van der Waals surface area contributed by atoms with Gasteiger partial charge in [0.05, 0.1) is 31.6 Å². The highest BCUT2D eigenvalue weighted by Crippen LogP contribution is 2.34. The monoisotopic (exact) mass is 273 g/mol. The molecular formula is C12H19NO4S. The van der Waals surface area contributed by atoms with Crippen LogP contribution in [-0.4, -0.2) is 41.7 Å². The Morgan fingerprint density at radius 2 is 1.72 bits per heavy atom. The number of methoxy groups -OCH3 is 2. The Balaban J connectivity index is 3.26. The Morgan fingerprint density at radius 1 is 1.22 bits per heavy atom. The van der Waals surface area contributed by atoms with E-state index in [1.807, 2.05) is 0 Å². The Labute approximate surface area is 108 Å². The van der Waals surface area contributed by atoms with E-state index in [-0.39, 0.29) is 11.8 Å². The van der Waals surface area contributed by atoms with Crippen molar-refractivity contribution in [2.75, 3.05) is 33.3 Å². The van der Waals surface area contributed by atoms with E-state index in [0.29, 0.717) is 11.5 Å². The zero-order chi connectivity index (χ0) is 13.8. The van der Waals surface area contributed by atoms with Crippen molar-refractivity contribution >= 4 is 9.84 Å². The van der Waals surface area contributed by atoms with Crippen molar-refractivity contribution in [2.24, 2.45) is 0 Å². The molecule has 1 atom stereocenters. The van der Waals surface area contributed by atoms with E-state index in [1.54, 1.807) is 39.5 Å². The topological polar surface area (TPSA) is 64.6 Å². The van der Waals surface area contributed by atoms with Crippen LogP contribution in [0.15, 0.2) is 18.2 Å². The molecular weight excluding hydrogens is 254 g/mol. The number of sulfone groups is 1. The van der Waals surface area contributed by atoms with Gasteiger partial charge in [-0.05, 0) is 19.2 Å². The van der Waals surface area contributed by atoms with Gasteiger partial charge in [0.1, 0.15) is 21.3 Å². The summed E-state index contributed by atoms with van der Waals surface area (Å²) in [7, 11) is 1.70. The average molecular weight is 273 g/mol. The van der Waals surface area contributed by atoms with Gasteiger partial charge in [0.2, 0.25) is 0 Å². The van der Waals surface area contributed by atoms with Crippen LogP contribution in [0.4, 0.5) is 0 Å². The number of rotatable bonds is 6. The van der Waals surface area contributed by atoms with Crippen molar-refractivity contribution in [3.8, 4) is 11.5 Å². The van der Waals surface area contributed by atoms with Gasteiger partial charge in [-0.3, -0.25) is 0 Å². The molecule has 0 aliphatic rings. The second-order valence-corrected chi connectivity index (χ2v) is 6.19. The van der Waals surface area contributed by atoms with Gasteiger partial charge in [-0.2, -0.15) is 0 Å². The molecule has 0 saturated heterocycles. The third kappa shape index (κ3) is 3.61. The van der Waals surface area contributed by atoms with Gasteiger partial charge in [-0.1, -0.05) is 6.07 Å². The quantitative estimate of drug-likeness (QED) is 0.838. The molecule has 18 heavy (non-hydrogen) atoms. The van der Waals surface area contributed by atoms with E-state index < -0.39 is 9.84 Å². The molecule has 0 bridgehead atoms. The van der Waals surface area contributed by atoms with Gasteiger partial charge in [0.15, 0.2) is 0 Å². The molecule has 0 aliphatic carbocycles. The third-order valence-corrected chi connectivity index (χ3v) is 3.57. The highest BCUT2D eigenvalue weighted by atomic mass is 32.2. The van der Waals surface area contributed by atoms with E-state index in [4.69, 9.17) is 9.47 Å². The molecule has 0 aliphatic heterocycles. The largest absolute Gasteiger partial charge is 0.496 e. The van der Waals surface area contributed by atoms with Crippen LogP contribution in [0.3, 0.4) is 0 Å². The van der Waals surface area contributed by atoms with Gasteiger partial charge in [0.25, 0.3) is 0 Å². The predicted molar refractivity (Wildman–Crippen MR) is 71.1 cm³/mol. The number of ether oxygens (including phenoxy) is 2. The van der Waals surface area contributed by atoms with Crippen molar-refractivity contribution < 1.29 is 17.9 Å². The number of benzene rings is 1. The number of hydrogen-bond donors (Lipinski definition) is 1. The average Bonchev–Trinajstić information content (AvgIpc) is 2.33. The van der Waals surface area contributed by atoms with Crippen molar-refractivity contribution in [2.45, 2.75) is 6.04 Å². The summed E-state index contributed by atoms with van der Waals surface area (Å²) in [6.07, 6.45) is 1.21. The van der Waals surface area contributed by atoms with Crippen LogP contribution in [-0.2, 0) is 9.84 Å². The summed E-state index contributed by atoms with van der Waals surface area (Å²) in [5.41, 5.74) is 0.718. The zero-order valence-electron chi connectivity index (χ0n) is 11.1. The molecule has 1 rings (SSSR count). The molecule has 1 aromatic carbocycles. The van der Waals surface area contributed by atoms with Gasteiger partial charge in [-0.15, -0.1) is 0 Å². The molecule has 1 unspecified atom stereocenters. The van der Waals surface area contributed by atoms with E-state index in [0.717, 1.165) is 5.56 Å². The van der Waals surface area contributed by atoms with Crippen LogP contribution in [0, 0.1) is 0 Å². The smallest absolute Gasteiger partial charge is 0.149 e. The Kier molecular flexibility index (Phi) is 4.98. The first-order valence-corrected chi connectivity index (χ1v) is 7.55. The first kappa shape index (κ1) is 14.8. The van der Waals surface area contributed by atoms with Crippen LogP contribution in [0.5, 0.6) is 11.5 Å². The first-order valence-electron chi connectivity index (χ1n) is 5.48. The fourth-order valence-corrected chi connectivity index (χ4v) is 2.78. The van der Waals surface area contributed by atoms with Crippen LogP contribution in [0.25, 0.3) is 0 Å². The van der Waals surface area contributed by atoms with Gasteiger partial charge >= 0.3 is 0 Å². The van der Waals surface area contributed by atoms with E-state index in [1.165, 1.54) is 6.26 Å². The number of hydrogen-bond acceptors (Lipinski definition) is 5. The van der Waals surface area contributed by atoms with Crippen LogP contribution >= 0.6 is 0 Å². The van der Waals surface area contributed by atoms with Gasteiger partial charge in [-0.25, -0.2) is 8.42 Å². The Hall–Kier alpha value is -1.27. The van der Waals surface area contributed by atoms with Gasteiger partial charge < -0.3 is 14.8 Å². The maximum Gasteiger partial charge on any atom is 0.149 e. The summed E-state index contributed by atoms with van der Waals surface area (Å²) in [4.78, 5) is 0. The molecule has 0 spiro atoms. The second-order valence-electron chi connectivity index (χ2n) is 4.01. The minimum atomic E-state index is -3.11. The highest BCUT2D eigenvalue weighted by Gasteiger charge is 2.23. The third-order valence-electron chi connectivity index (χ3n) is 2.63. The van der Waals surface area contributed by atoms with E-state index in [2.05, 4.69) is 5.32 Å². The molecule has 102 valence electrons. The summed E-state index contributed by atoms with van der Waals surface area (Å²) in [5, 5.41) is 2.99. The minimum absolute atomic E-state index is 0.0137. The fraction of sp³-hybridized carbons (Fsp3) is 0.500. The second kappa shape index (κ2) is 6.06. The van der Waals surface area contributed by atoms with Crippen LogP contribution in [0.1, 0.15) is 11.6 Å².